The summed E-state index contributed by atoms with van der Waals surface area (Å²) in [7, 11) is 3.08. The van der Waals surface area contributed by atoms with E-state index in [1.807, 2.05) is 18.2 Å². The maximum atomic E-state index is 12.4. The van der Waals surface area contributed by atoms with Gasteiger partial charge in [0.1, 0.15) is 0 Å². The molecule has 7 heteroatoms. The van der Waals surface area contributed by atoms with Crippen molar-refractivity contribution in [1.29, 1.82) is 0 Å². The molecule has 1 N–H and O–H groups in total. The number of carbonyl (C=O) groups is 1. The Labute approximate surface area is 143 Å². The number of aromatic nitrogens is 2. The molecule has 24 heavy (non-hydrogen) atoms. The minimum Gasteiger partial charge on any atom is -0.493 e. The Kier molecular flexibility index (Phi) is 4.72. The van der Waals surface area contributed by atoms with Crippen LogP contribution in [0.3, 0.4) is 0 Å². The van der Waals surface area contributed by atoms with Crippen molar-refractivity contribution in [2.45, 2.75) is 0 Å². The van der Waals surface area contributed by atoms with Gasteiger partial charge in [-0.1, -0.05) is 17.4 Å². The van der Waals surface area contributed by atoms with Crippen molar-refractivity contribution < 1.29 is 14.3 Å². The number of ether oxygens (including phenoxy) is 2. The number of nitrogens with one attached hydrogen (secondary N) is 1. The molecule has 6 nitrogen and oxygen atoms in total. The largest absolute Gasteiger partial charge is 0.493 e. The Hall–Kier alpha value is -2.93. The molecule has 0 atom stereocenters. The first-order valence-electron chi connectivity index (χ1n) is 7.12. The van der Waals surface area contributed by atoms with E-state index in [9.17, 15) is 4.79 Å². The molecule has 0 aliphatic carbocycles. The zero-order chi connectivity index (χ0) is 16.9. The summed E-state index contributed by atoms with van der Waals surface area (Å²) in [4.78, 5) is 21.8. The Bertz CT molecular complexity index is 849. The molecule has 0 bridgehead atoms. The van der Waals surface area contributed by atoms with Crippen molar-refractivity contribution in [2.24, 2.45) is 0 Å². The second-order valence-electron chi connectivity index (χ2n) is 4.77. The van der Waals surface area contributed by atoms with Gasteiger partial charge >= 0.3 is 0 Å². The van der Waals surface area contributed by atoms with E-state index in [0.29, 0.717) is 22.2 Å². The molecule has 122 valence electrons. The fourth-order valence-corrected chi connectivity index (χ4v) is 2.89. The Morgan fingerprint density at radius 1 is 1.08 bits per heavy atom. The first-order chi connectivity index (χ1) is 11.7. The number of thiazole rings is 1. The smallest absolute Gasteiger partial charge is 0.257 e. The lowest BCUT2D eigenvalue weighted by molar-refractivity contribution is 0.102. The van der Waals surface area contributed by atoms with Crippen LogP contribution >= 0.6 is 11.3 Å². The van der Waals surface area contributed by atoms with Crippen LogP contribution in [-0.4, -0.2) is 30.1 Å². The first-order valence-corrected chi connectivity index (χ1v) is 7.93. The number of amides is 1. The lowest BCUT2D eigenvalue weighted by atomic mass is 10.2. The van der Waals surface area contributed by atoms with E-state index in [0.717, 1.165) is 10.6 Å². The fourth-order valence-electron chi connectivity index (χ4n) is 2.11. The lowest BCUT2D eigenvalue weighted by Gasteiger charge is -2.09. The van der Waals surface area contributed by atoms with Gasteiger partial charge in [0.15, 0.2) is 16.6 Å². The number of carbonyl (C=O) groups excluding carboxylic acids is 1. The summed E-state index contributed by atoms with van der Waals surface area (Å²) in [6.07, 6.45) is 3.41. The molecule has 0 aliphatic heterocycles. The monoisotopic (exact) mass is 341 g/mol. The van der Waals surface area contributed by atoms with Crippen LogP contribution in [0.5, 0.6) is 11.5 Å². The molecule has 3 rings (SSSR count). The van der Waals surface area contributed by atoms with Crippen LogP contribution < -0.4 is 14.8 Å². The van der Waals surface area contributed by atoms with Gasteiger partial charge in [-0.25, -0.2) is 4.98 Å². The molecule has 2 heterocycles. The number of hydrogen-bond acceptors (Lipinski definition) is 6. The molecule has 3 aromatic rings. The predicted octanol–water partition coefficient (Wildman–Crippen LogP) is 3.47. The molecule has 1 amide bonds. The second-order valence-corrected chi connectivity index (χ2v) is 5.80. The van der Waals surface area contributed by atoms with Crippen LogP contribution in [0, 0.1) is 0 Å². The van der Waals surface area contributed by atoms with Crippen molar-refractivity contribution in [3.8, 4) is 22.1 Å². The molecule has 0 aliphatic rings. The molecular formula is C17H15N3O3S. The first kappa shape index (κ1) is 15.9. The summed E-state index contributed by atoms with van der Waals surface area (Å²) < 4.78 is 10.4. The highest BCUT2D eigenvalue weighted by molar-refractivity contribution is 7.19. The minimum atomic E-state index is -0.266. The minimum absolute atomic E-state index is 0.266. The summed E-state index contributed by atoms with van der Waals surface area (Å²) in [5.41, 5.74) is 1.28. The quantitative estimate of drug-likeness (QED) is 0.769. The normalized spacial score (nSPS) is 10.2. The number of rotatable bonds is 5. The van der Waals surface area contributed by atoms with Gasteiger partial charge in [0, 0.05) is 18.0 Å². The molecule has 0 radical (unpaired) electrons. The van der Waals surface area contributed by atoms with E-state index < -0.39 is 0 Å². The highest BCUT2D eigenvalue weighted by Crippen LogP contribution is 2.29. The third-order valence-electron chi connectivity index (χ3n) is 3.29. The SMILES string of the molecule is COc1ccc(C(=O)Nc2ncc(-c3ccccn3)s2)cc1OC. The van der Waals surface area contributed by atoms with Crippen molar-refractivity contribution in [3.05, 3.63) is 54.4 Å². The van der Waals surface area contributed by atoms with Crippen LogP contribution in [0.4, 0.5) is 5.13 Å². The Balaban J connectivity index is 1.77. The van der Waals surface area contributed by atoms with Gasteiger partial charge in [0.25, 0.3) is 5.91 Å². The molecule has 0 saturated carbocycles. The standard InChI is InChI=1S/C17H15N3O3S/c1-22-13-7-6-11(9-14(13)23-2)16(21)20-17-19-10-15(24-17)12-5-3-4-8-18-12/h3-10H,1-2H3,(H,19,20,21). The van der Waals surface area contributed by atoms with Gasteiger partial charge < -0.3 is 9.47 Å². The van der Waals surface area contributed by atoms with Gasteiger partial charge in [-0.2, -0.15) is 0 Å². The van der Waals surface area contributed by atoms with Crippen LogP contribution in [-0.2, 0) is 0 Å². The Morgan fingerprint density at radius 2 is 1.92 bits per heavy atom. The summed E-state index contributed by atoms with van der Waals surface area (Å²) in [5, 5.41) is 3.29. The molecule has 0 unspecified atom stereocenters. The van der Waals surface area contributed by atoms with Gasteiger partial charge in [0.05, 0.1) is 24.8 Å². The van der Waals surface area contributed by atoms with E-state index in [1.54, 1.807) is 37.7 Å². The van der Waals surface area contributed by atoms with E-state index in [1.165, 1.54) is 18.4 Å². The van der Waals surface area contributed by atoms with Gasteiger partial charge in [-0.3, -0.25) is 15.1 Å². The maximum absolute atomic E-state index is 12.4. The summed E-state index contributed by atoms with van der Waals surface area (Å²) in [6, 6.07) is 10.6. The highest BCUT2D eigenvalue weighted by atomic mass is 32.1. The van der Waals surface area contributed by atoms with Crippen molar-refractivity contribution >= 4 is 22.4 Å². The van der Waals surface area contributed by atoms with Crippen molar-refractivity contribution in [3.63, 3.8) is 0 Å². The Morgan fingerprint density at radius 3 is 2.62 bits per heavy atom. The van der Waals surface area contributed by atoms with Crippen molar-refractivity contribution in [2.75, 3.05) is 19.5 Å². The molecular weight excluding hydrogens is 326 g/mol. The zero-order valence-electron chi connectivity index (χ0n) is 13.1. The average molecular weight is 341 g/mol. The lowest BCUT2D eigenvalue weighted by Crippen LogP contribution is -2.11. The van der Waals surface area contributed by atoms with E-state index in [4.69, 9.17) is 9.47 Å². The van der Waals surface area contributed by atoms with Crippen LogP contribution in [0.1, 0.15) is 10.4 Å². The number of hydrogen-bond donors (Lipinski definition) is 1. The van der Waals surface area contributed by atoms with Crippen LogP contribution in [0.15, 0.2) is 48.8 Å². The summed E-state index contributed by atoms with van der Waals surface area (Å²) in [6.45, 7) is 0. The third-order valence-corrected chi connectivity index (χ3v) is 4.22. The predicted molar refractivity (Wildman–Crippen MR) is 92.8 cm³/mol. The second kappa shape index (κ2) is 7.10. The number of methoxy groups -OCH3 is 2. The summed E-state index contributed by atoms with van der Waals surface area (Å²) >= 11 is 1.37. The maximum Gasteiger partial charge on any atom is 0.257 e. The van der Waals surface area contributed by atoms with Gasteiger partial charge in [-0.15, -0.1) is 0 Å². The van der Waals surface area contributed by atoms with Gasteiger partial charge in [-0.05, 0) is 30.3 Å². The third kappa shape index (κ3) is 3.36. The van der Waals surface area contributed by atoms with Crippen LogP contribution in [0.2, 0.25) is 0 Å². The number of nitrogens with zero attached hydrogens (tertiary/aromatic N) is 2. The average Bonchev–Trinajstić information content (AvgIpc) is 3.10. The molecule has 0 spiro atoms. The van der Waals surface area contributed by atoms with Gasteiger partial charge in [0.2, 0.25) is 0 Å². The van der Waals surface area contributed by atoms with E-state index >= 15 is 0 Å². The highest BCUT2D eigenvalue weighted by Gasteiger charge is 2.13. The summed E-state index contributed by atoms with van der Waals surface area (Å²) in [5.74, 6) is 0.803. The number of pyridine rings is 1. The number of benzene rings is 1. The zero-order valence-corrected chi connectivity index (χ0v) is 14.0. The fraction of sp³-hybridized carbons (Fsp3) is 0.118. The molecule has 0 fully saturated rings. The molecule has 0 saturated heterocycles. The van der Waals surface area contributed by atoms with Crippen molar-refractivity contribution in [1.82, 2.24) is 9.97 Å². The van der Waals surface area contributed by atoms with E-state index in [-0.39, 0.29) is 5.91 Å². The molecule has 1 aromatic carbocycles. The number of anilines is 1. The van der Waals surface area contributed by atoms with E-state index in [2.05, 4.69) is 15.3 Å². The molecule has 2 aromatic heterocycles. The topological polar surface area (TPSA) is 73.3 Å². The van der Waals surface area contributed by atoms with Crippen LogP contribution in [0.25, 0.3) is 10.6 Å².